The summed E-state index contributed by atoms with van der Waals surface area (Å²) in [5.41, 5.74) is 4.40. The molecular formula is C19H23NO2. The number of hydrogen-bond donors (Lipinski definition) is 1. The van der Waals surface area contributed by atoms with Crippen LogP contribution in [0.3, 0.4) is 0 Å². The highest BCUT2D eigenvalue weighted by molar-refractivity contribution is 5.92. The molecule has 0 aliphatic rings. The van der Waals surface area contributed by atoms with E-state index in [-0.39, 0.29) is 11.8 Å². The van der Waals surface area contributed by atoms with Crippen LogP contribution in [0.5, 0.6) is 5.75 Å². The van der Waals surface area contributed by atoms with Crippen molar-refractivity contribution in [2.75, 3.05) is 11.9 Å². The Morgan fingerprint density at radius 2 is 1.73 bits per heavy atom. The zero-order valence-corrected chi connectivity index (χ0v) is 13.6. The minimum atomic E-state index is -0.220. The van der Waals surface area contributed by atoms with Gasteiger partial charge in [0.1, 0.15) is 5.75 Å². The van der Waals surface area contributed by atoms with Crippen LogP contribution < -0.4 is 10.1 Å². The first-order valence-electron chi connectivity index (χ1n) is 7.53. The second kappa shape index (κ2) is 7.12. The molecule has 0 aliphatic heterocycles. The number of aryl methyl sites for hydroxylation is 3. The van der Waals surface area contributed by atoms with Gasteiger partial charge in [-0.05, 0) is 56.2 Å². The maximum absolute atomic E-state index is 12.2. The van der Waals surface area contributed by atoms with E-state index in [1.807, 2.05) is 63.2 Å². The van der Waals surface area contributed by atoms with Gasteiger partial charge in [0, 0.05) is 5.69 Å². The fraction of sp³-hybridized carbons (Fsp3) is 0.316. The highest BCUT2D eigenvalue weighted by atomic mass is 16.5. The molecule has 22 heavy (non-hydrogen) atoms. The van der Waals surface area contributed by atoms with Gasteiger partial charge >= 0.3 is 0 Å². The highest BCUT2D eigenvalue weighted by Crippen LogP contribution is 2.16. The lowest BCUT2D eigenvalue weighted by Gasteiger charge is -2.14. The van der Waals surface area contributed by atoms with Crippen LogP contribution in [0.2, 0.25) is 0 Å². The SMILES string of the molecule is Cc1ccc(OC[C@@H](C)C(=O)Nc2ccc(C)c(C)c2)cc1. The summed E-state index contributed by atoms with van der Waals surface area (Å²) in [5.74, 6) is 0.537. The standard InChI is InChI=1S/C19H23NO2/c1-13-5-9-18(10-6-13)22-12-16(4)19(21)20-17-8-7-14(2)15(3)11-17/h5-11,16H,12H2,1-4H3,(H,20,21)/t16-/m1/s1. The van der Waals surface area contributed by atoms with Gasteiger partial charge < -0.3 is 10.1 Å². The fourth-order valence-electron chi connectivity index (χ4n) is 2.02. The Morgan fingerprint density at radius 1 is 1.05 bits per heavy atom. The van der Waals surface area contributed by atoms with E-state index in [1.54, 1.807) is 0 Å². The molecular weight excluding hydrogens is 274 g/mol. The van der Waals surface area contributed by atoms with Gasteiger partial charge in [0.25, 0.3) is 0 Å². The van der Waals surface area contributed by atoms with Gasteiger partial charge in [-0.1, -0.05) is 30.7 Å². The molecule has 1 atom stereocenters. The summed E-state index contributed by atoms with van der Waals surface area (Å²) in [4.78, 5) is 12.2. The fourth-order valence-corrected chi connectivity index (χ4v) is 2.02. The second-order valence-corrected chi connectivity index (χ2v) is 5.81. The number of nitrogens with one attached hydrogen (secondary N) is 1. The van der Waals surface area contributed by atoms with Crippen LogP contribution in [-0.4, -0.2) is 12.5 Å². The molecule has 0 bridgehead atoms. The summed E-state index contributed by atoms with van der Waals surface area (Å²) in [6.45, 7) is 8.35. The second-order valence-electron chi connectivity index (χ2n) is 5.81. The van der Waals surface area contributed by atoms with Crippen molar-refractivity contribution < 1.29 is 9.53 Å². The monoisotopic (exact) mass is 297 g/mol. The van der Waals surface area contributed by atoms with Crippen molar-refractivity contribution in [3.8, 4) is 5.75 Å². The van der Waals surface area contributed by atoms with E-state index in [9.17, 15) is 4.79 Å². The van der Waals surface area contributed by atoms with Crippen molar-refractivity contribution in [1.82, 2.24) is 0 Å². The summed E-state index contributed by atoms with van der Waals surface area (Å²) >= 11 is 0. The molecule has 0 saturated heterocycles. The van der Waals surface area contributed by atoms with E-state index in [0.29, 0.717) is 6.61 Å². The Bertz CT molecular complexity index is 647. The molecule has 0 heterocycles. The predicted molar refractivity (Wildman–Crippen MR) is 90.4 cm³/mol. The number of amides is 1. The van der Waals surface area contributed by atoms with E-state index in [0.717, 1.165) is 11.4 Å². The largest absolute Gasteiger partial charge is 0.493 e. The average Bonchev–Trinajstić information content (AvgIpc) is 2.50. The minimum Gasteiger partial charge on any atom is -0.493 e. The molecule has 0 saturated carbocycles. The third-order valence-corrected chi connectivity index (χ3v) is 3.74. The molecule has 3 heteroatoms. The molecule has 1 N–H and O–H groups in total. The van der Waals surface area contributed by atoms with Gasteiger partial charge in [-0.25, -0.2) is 0 Å². The van der Waals surface area contributed by atoms with Crippen LogP contribution in [-0.2, 0) is 4.79 Å². The Balaban J connectivity index is 1.88. The molecule has 3 nitrogen and oxygen atoms in total. The zero-order chi connectivity index (χ0) is 16.1. The van der Waals surface area contributed by atoms with Crippen LogP contribution in [0.15, 0.2) is 42.5 Å². The number of carbonyl (C=O) groups is 1. The molecule has 0 fully saturated rings. The predicted octanol–water partition coefficient (Wildman–Crippen LogP) is 4.27. The number of ether oxygens (including phenoxy) is 1. The first-order chi connectivity index (χ1) is 10.5. The summed E-state index contributed by atoms with van der Waals surface area (Å²) in [6.07, 6.45) is 0. The first kappa shape index (κ1) is 16.1. The van der Waals surface area contributed by atoms with Crippen molar-refractivity contribution in [3.63, 3.8) is 0 Å². The number of rotatable bonds is 5. The Kier molecular flexibility index (Phi) is 5.21. The molecule has 0 aromatic heterocycles. The quantitative estimate of drug-likeness (QED) is 0.895. The van der Waals surface area contributed by atoms with Crippen molar-refractivity contribution >= 4 is 11.6 Å². The lowest BCUT2D eigenvalue weighted by Crippen LogP contribution is -2.25. The third-order valence-electron chi connectivity index (χ3n) is 3.74. The average molecular weight is 297 g/mol. The minimum absolute atomic E-state index is 0.0321. The molecule has 2 aromatic rings. The lowest BCUT2D eigenvalue weighted by atomic mass is 10.1. The smallest absolute Gasteiger partial charge is 0.230 e. The van der Waals surface area contributed by atoms with E-state index < -0.39 is 0 Å². The van der Waals surface area contributed by atoms with Gasteiger partial charge in [-0.15, -0.1) is 0 Å². The van der Waals surface area contributed by atoms with Gasteiger partial charge in [0.15, 0.2) is 0 Å². The van der Waals surface area contributed by atoms with Crippen molar-refractivity contribution in [2.45, 2.75) is 27.7 Å². The number of benzene rings is 2. The summed E-state index contributed by atoms with van der Waals surface area (Å²) < 4.78 is 5.66. The van der Waals surface area contributed by atoms with Gasteiger partial charge in [0.2, 0.25) is 5.91 Å². The highest BCUT2D eigenvalue weighted by Gasteiger charge is 2.14. The molecule has 0 radical (unpaired) electrons. The number of anilines is 1. The number of hydrogen-bond acceptors (Lipinski definition) is 2. The van der Waals surface area contributed by atoms with Crippen molar-refractivity contribution in [3.05, 3.63) is 59.2 Å². The maximum atomic E-state index is 12.2. The van der Waals surface area contributed by atoms with Crippen LogP contribution >= 0.6 is 0 Å². The zero-order valence-electron chi connectivity index (χ0n) is 13.6. The van der Waals surface area contributed by atoms with Crippen LogP contribution in [0, 0.1) is 26.7 Å². The summed E-state index contributed by atoms with van der Waals surface area (Å²) in [6, 6.07) is 13.8. The third kappa shape index (κ3) is 4.35. The molecule has 0 unspecified atom stereocenters. The summed E-state index contributed by atoms with van der Waals surface area (Å²) in [5, 5.41) is 2.94. The topological polar surface area (TPSA) is 38.3 Å². The van der Waals surface area contributed by atoms with Gasteiger partial charge in [0.05, 0.1) is 12.5 Å². The Morgan fingerprint density at radius 3 is 2.36 bits per heavy atom. The lowest BCUT2D eigenvalue weighted by molar-refractivity contribution is -0.120. The summed E-state index contributed by atoms with van der Waals surface area (Å²) in [7, 11) is 0. The molecule has 1 amide bonds. The Labute approximate surface area is 132 Å². The van der Waals surface area contributed by atoms with E-state index in [4.69, 9.17) is 4.74 Å². The van der Waals surface area contributed by atoms with Crippen molar-refractivity contribution in [2.24, 2.45) is 5.92 Å². The van der Waals surface area contributed by atoms with Crippen LogP contribution in [0.4, 0.5) is 5.69 Å². The van der Waals surface area contributed by atoms with Crippen molar-refractivity contribution in [1.29, 1.82) is 0 Å². The molecule has 0 spiro atoms. The van der Waals surface area contributed by atoms with Gasteiger partial charge in [-0.2, -0.15) is 0 Å². The molecule has 2 rings (SSSR count). The molecule has 116 valence electrons. The van der Waals surface area contributed by atoms with E-state index in [1.165, 1.54) is 16.7 Å². The molecule has 2 aromatic carbocycles. The first-order valence-corrected chi connectivity index (χ1v) is 7.53. The Hall–Kier alpha value is -2.29. The van der Waals surface area contributed by atoms with Gasteiger partial charge in [-0.3, -0.25) is 4.79 Å². The molecule has 0 aliphatic carbocycles. The van der Waals surface area contributed by atoms with Crippen LogP contribution in [0.25, 0.3) is 0 Å². The van der Waals surface area contributed by atoms with Crippen LogP contribution in [0.1, 0.15) is 23.6 Å². The normalized spacial score (nSPS) is 11.8. The van der Waals surface area contributed by atoms with E-state index >= 15 is 0 Å². The van der Waals surface area contributed by atoms with E-state index in [2.05, 4.69) is 12.2 Å². The maximum Gasteiger partial charge on any atom is 0.230 e. The number of carbonyl (C=O) groups excluding carboxylic acids is 1.